The second-order valence-electron chi connectivity index (χ2n) is 4.13. The van der Waals surface area contributed by atoms with E-state index in [1.54, 1.807) is 12.1 Å². The van der Waals surface area contributed by atoms with Gasteiger partial charge in [-0.15, -0.1) is 6.58 Å². The predicted octanol–water partition coefficient (Wildman–Crippen LogP) is 1.63. The fourth-order valence-electron chi connectivity index (χ4n) is 1.81. The fraction of sp³-hybridized carbons (Fsp3) is 0.200. The van der Waals surface area contributed by atoms with Crippen molar-refractivity contribution in [1.29, 1.82) is 5.26 Å². The Hall–Kier alpha value is -2.94. The molecule has 0 saturated carbocycles. The highest BCUT2D eigenvalue weighted by Gasteiger charge is 2.20. The van der Waals surface area contributed by atoms with Crippen molar-refractivity contribution >= 4 is 12.0 Å². The lowest BCUT2D eigenvalue weighted by molar-refractivity contribution is -0.116. The number of hydrogen-bond donors (Lipinski definition) is 1. The van der Waals surface area contributed by atoms with Gasteiger partial charge in [0.15, 0.2) is 11.5 Å². The van der Waals surface area contributed by atoms with Gasteiger partial charge < -0.3 is 19.5 Å². The lowest BCUT2D eigenvalue weighted by Crippen LogP contribution is -2.24. The van der Waals surface area contributed by atoms with E-state index in [1.807, 2.05) is 6.07 Å². The van der Waals surface area contributed by atoms with Crippen LogP contribution in [0.3, 0.4) is 0 Å². The van der Waals surface area contributed by atoms with Gasteiger partial charge in [0.2, 0.25) is 12.5 Å². The summed E-state index contributed by atoms with van der Waals surface area (Å²) in [5, 5.41) is 11.6. The predicted molar refractivity (Wildman–Crippen MR) is 75.9 cm³/mol. The molecule has 0 bridgehead atoms. The summed E-state index contributed by atoms with van der Waals surface area (Å²) in [5.74, 6) is 1.06. The summed E-state index contributed by atoms with van der Waals surface area (Å²) < 4.78 is 15.8. The van der Waals surface area contributed by atoms with Gasteiger partial charge in [0.1, 0.15) is 11.6 Å². The van der Waals surface area contributed by atoms with Gasteiger partial charge in [-0.1, -0.05) is 6.08 Å². The zero-order valence-electron chi connectivity index (χ0n) is 11.5. The van der Waals surface area contributed by atoms with Crippen LogP contribution in [0.1, 0.15) is 5.56 Å². The molecule has 0 aromatic heterocycles. The zero-order chi connectivity index (χ0) is 15.2. The zero-order valence-corrected chi connectivity index (χ0v) is 11.5. The first-order chi connectivity index (χ1) is 10.2. The van der Waals surface area contributed by atoms with E-state index in [-0.39, 0.29) is 12.4 Å². The quantitative estimate of drug-likeness (QED) is 0.505. The summed E-state index contributed by atoms with van der Waals surface area (Å²) >= 11 is 0. The number of hydrogen-bond acceptors (Lipinski definition) is 5. The summed E-state index contributed by atoms with van der Waals surface area (Å²) in [7, 11) is 1.51. The van der Waals surface area contributed by atoms with Crippen molar-refractivity contribution in [1.82, 2.24) is 5.32 Å². The number of nitrogens with zero attached hydrogens (tertiary/aromatic N) is 1. The van der Waals surface area contributed by atoms with Crippen molar-refractivity contribution in [2.75, 3.05) is 20.4 Å². The molecule has 0 fully saturated rings. The molecule has 108 valence electrons. The van der Waals surface area contributed by atoms with Crippen LogP contribution in [-0.4, -0.2) is 26.4 Å². The third kappa shape index (κ3) is 3.15. The van der Waals surface area contributed by atoms with Crippen LogP contribution in [0.25, 0.3) is 6.08 Å². The minimum Gasteiger partial charge on any atom is -0.493 e. The Morgan fingerprint density at radius 2 is 2.38 bits per heavy atom. The van der Waals surface area contributed by atoms with E-state index in [9.17, 15) is 4.79 Å². The number of carbonyl (C=O) groups excluding carboxylic acids is 1. The Bertz CT molecular complexity index is 644. The summed E-state index contributed by atoms with van der Waals surface area (Å²) in [6, 6.07) is 5.22. The van der Waals surface area contributed by atoms with Gasteiger partial charge in [0.05, 0.1) is 7.11 Å². The Morgan fingerprint density at radius 3 is 3.05 bits per heavy atom. The maximum atomic E-state index is 11.8. The third-order valence-corrected chi connectivity index (χ3v) is 2.76. The molecule has 1 aromatic rings. The molecule has 1 amide bonds. The number of fused-ring (bicyclic) bond motifs is 1. The van der Waals surface area contributed by atoms with Gasteiger partial charge in [-0.2, -0.15) is 5.26 Å². The fourth-order valence-corrected chi connectivity index (χ4v) is 1.81. The lowest BCUT2D eigenvalue weighted by Gasteiger charge is -2.06. The second-order valence-corrected chi connectivity index (χ2v) is 4.13. The number of ether oxygens (including phenoxy) is 3. The molecule has 1 aliphatic rings. The molecule has 0 saturated heterocycles. The number of methoxy groups -OCH3 is 1. The molecule has 6 nitrogen and oxygen atoms in total. The van der Waals surface area contributed by atoms with Gasteiger partial charge in [-0.25, -0.2) is 0 Å². The number of benzene rings is 1. The van der Waals surface area contributed by atoms with E-state index < -0.39 is 5.91 Å². The van der Waals surface area contributed by atoms with Crippen LogP contribution in [0.15, 0.2) is 30.4 Å². The Kier molecular flexibility index (Phi) is 4.46. The van der Waals surface area contributed by atoms with Crippen LogP contribution >= 0.6 is 0 Å². The number of nitriles is 1. The van der Waals surface area contributed by atoms with Crippen molar-refractivity contribution in [3.05, 3.63) is 35.9 Å². The monoisotopic (exact) mass is 286 g/mol. The first-order valence-electron chi connectivity index (χ1n) is 6.18. The molecule has 0 unspecified atom stereocenters. The molecule has 0 aliphatic carbocycles. The highest BCUT2D eigenvalue weighted by Crippen LogP contribution is 2.42. The molecule has 1 heterocycles. The van der Waals surface area contributed by atoms with Crippen LogP contribution in [0, 0.1) is 11.3 Å². The first kappa shape index (κ1) is 14.5. The van der Waals surface area contributed by atoms with E-state index in [0.29, 0.717) is 29.4 Å². The highest BCUT2D eigenvalue weighted by molar-refractivity contribution is 6.01. The Balaban J connectivity index is 2.33. The van der Waals surface area contributed by atoms with Crippen LogP contribution in [0.4, 0.5) is 0 Å². The molecule has 6 heteroatoms. The molecule has 1 aromatic carbocycles. The van der Waals surface area contributed by atoms with E-state index >= 15 is 0 Å². The summed E-state index contributed by atoms with van der Waals surface area (Å²) in [6.07, 6.45) is 3.00. The van der Waals surface area contributed by atoms with E-state index in [1.165, 1.54) is 19.3 Å². The Morgan fingerprint density at radius 1 is 1.57 bits per heavy atom. The van der Waals surface area contributed by atoms with Gasteiger partial charge in [-0.05, 0) is 23.8 Å². The number of nitrogens with one attached hydrogen (secondary N) is 1. The highest BCUT2D eigenvalue weighted by atomic mass is 16.7. The standard InChI is InChI=1S/C15H14N2O4/c1-3-4-17-15(18)11(8-16)5-10-6-12(19-2)14-13(7-10)20-9-21-14/h3,5-7H,1,4,9H2,2H3,(H,17,18)/b11-5+. The number of rotatable bonds is 5. The molecule has 0 radical (unpaired) electrons. The topological polar surface area (TPSA) is 80.6 Å². The summed E-state index contributed by atoms with van der Waals surface area (Å²) in [5.41, 5.74) is 0.596. The van der Waals surface area contributed by atoms with Gasteiger partial charge >= 0.3 is 0 Å². The van der Waals surface area contributed by atoms with E-state index in [4.69, 9.17) is 19.5 Å². The molecule has 1 N–H and O–H groups in total. The largest absolute Gasteiger partial charge is 0.493 e. The van der Waals surface area contributed by atoms with Gasteiger partial charge in [-0.3, -0.25) is 4.79 Å². The van der Waals surface area contributed by atoms with Crippen LogP contribution in [0.2, 0.25) is 0 Å². The maximum absolute atomic E-state index is 11.8. The second kappa shape index (κ2) is 6.48. The van der Waals surface area contributed by atoms with E-state index in [2.05, 4.69) is 11.9 Å². The minimum atomic E-state index is -0.464. The minimum absolute atomic E-state index is 0.0160. The van der Waals surface area contributed by atoms with E-state index in [0.717, 1.165) is 0 Å². The maximum Gasteiger partial charge on any atom is 0.262 e. The van der Waals surface area contributed by atoms with Crippen molar-refractivity contribution in [3.63, 3.8) is 0 Å². The lowest BCUT2D eigenvalue weighted by atomic mass is 10.1. The normalized spacial score (nSPS) is 12.5. The molecule has 0 atom stereocenters. The molecular weight excluding hydrogens is 272 g/mol. The van der Waals surface area contributed by atoms with Crippen molar-refractivity contribution in [3.8, 4) is 23.3 Å². The number of amides is 1. The SMILES string of the molecule is C=CCNC(=O)/C(C#N)=C/c1cc(OC)c2c(c1)OCO2. The van der Waals surface area contributed by atoms with Crippen LogP contribution in [0.5, 0.6) is 17.2 Å². The molecule has 0 spiro atoms. The summed E-state index contributed by atoms with van der Waals surface area (Å²) in [6.45, 7) is 3.91. The van der Waals surface area contributed by atoms with Crippen molar-refractivity contribution in [2.45, 2.75) is 0 Å². The first-order valence-corrected chi connectivity index (χ1v) is 6.18. The summed E-state index contributed by atoms with van der Waals surface area (Å²) in [4.78, 5) is 11.8. The molecule has 2 rings (SSSR count). The molecule has 1 aliphatic heterocycles. The molecular formula is C15H14N2O4. The Labute approximate surface area is 122 Å². The number of carbonyl (C=O) groups is 1. The van der Waals surface area contributed by atoms with Crippen LogP contribution in [-0.2, 0) is 4.79 Å². The van der Waals surface area contributed by atoms with Crippen molar-refractivity contribution in [2.24, 2.45) is 0 Å². The van der Waals surface area contributed by atoms with Gasteiger partial charge in [0, 0.05) is 6.54 Å². The smallest absolute Gasteiger partial charge is 0.262 e. The van der Waals surface area contributed by atoms with Gasteiger partial charge in [0.25, 0.3) is 5.91 Å². The van der Waals surface area contributed by atoms with Crippen LogP contribution < -0.4 is 19.5 Å². The average molecular weight is 286 g/mol. The molecule has 21 heavy (non-hydrogen) atoms. The van der Waals surface area contributed by atoms with Crippen molar-refractivity contribution < 1.29 is 19.0 Å². The average Bonchev–Trinajstić information content (AvgIpc) is 2.97. The third-order valence-electron chi connectivity index (χ3n) is 2.76.